The molecule has 0 saturated heterocycles. The lowest BCUT2D eigenvalue weighted by molar-refractivity contribution is 0.0943. The number of hydrogen-bond acceptors (Lipinski definition) is 4. The quantitative estimate of drug-likeness (QED) is 0.541. The molecule has 0 fully saturated rings. The predicted octanol–water partition coefficient (Wildman–Crippen LogP) is 1.85. The molecule has 0 spiro atoms. The Morgan fingerprint density at radius 1 is 1.12 bits per heavy atom. The lowest BCUT2D eigenvalue weighted by Crippen LogP contribution is -2.46. The number of hydrazine groups is 1. The van der Waals surface area contributed by atoms with Crippen LogP contribution < -0.4 is 16.2 Å². The van der Waals surface area contributed by atoms with Gasteiger partial charge in [0.05, 0.1) is 4.90 Å². The Bertz CT molecular complexity index is 929. The van der Waals surface area contributed by atoms with Crippen LogP contribution in [0.1, 0.15) is 21.5 Å². The van der Waals surface area contributed by atoms with E-state index in [1.165, 1.54) is 24.3 Å². The Morgan fingerprint density at radius 2 is 1.77 bits per heavy atom. The van der Waals surface area contributed by atoms with Crippen molar-refractivity contribution in [2.45, 2.75) is 18.4 Å². The van der Waals surface area contributed by atoms with Crippen molar-refractivity contribution < 1.29 is 17.6 Å². The summed E-state index contributed by atoms with van der Waals surface area (Å²) in [7, 11) is -3.41. The molecule has 1 amide bonds. The normalized spacial score (nSPS) is 10.9. The van der Waals surface area contributed by atoms with Crippen molar-refractivity contribution >= 4 is 33.1 Å². The van der Waals surface area contributed by atoms with Crippen molar-refractivity contribution in [1.82, 2.24) is 16.2 Å². The molecule has 2 aromatic rings. The minimum atomic E-state index is -3.41. The van der Waals surface area contributed by atoms with Gasteiger partial charge in [-0.1, -0.05) is 18.2 Å². The number of benzene rings is 2. The number of rotatable bonds is 4. The molecule has 138 valence electrons. The number of halogens is 1. The Balaban J connectivity index is 1.93. The summed E-state index contributed by atoms with van der Waals surface area (Å²) in [6.07, 6.45) is 1.08. The van der Waals surface area contributed by atoms with Gasteiger partial charge in [0, 0.05) is 18.4 Å². The first-order chi connectivity index (χ1) is 12.2. The van der Waals surface area contributed by atoms with E-state index < -0.39 is 15.7 Å². The van der Waals surface area contributed by atoms with Gasteiger partial charge in [-0.05, 0) is 54.5 Å². The molecule has 0 saturated carbocycles. The predicted molar refractivity (Wildman–Crippen MR) is 101 cm³/mol. The second kappa shape index (κ2) is 8.24. The van der Waals surface area contributed by atoms with Gasteiger partial charge in [0.1, 0.15) is 5.82 Å². The van der Waals surface area contributed by atoms with Crippen molar-refractivity contribution in [3.63, 3.8) is 0 Å². The maximum Gasteiger partial charge on any atom is 0.269 e. The first kappa shape index (κ1) is 19.8. The average molecular weight is 395 g/mol. The van der Waals surface area contributed by atoms with Crippen LogP contribution in [0.2, 0.25) is 0 Å². The number of nitrogens with one attached hydrogen (secondary N) is 3. The monoisotopic (exact) mass is 395 g/mol. The first-order valence-electron chi connectivity index (χ1n) is 7.56. The molecule has 2 aromatic carbocycles. The number of carbonyl (C=O) groups excluding carboxylic acids is 1. The fourth-order valence-electron chi connectivity index (χ4n) is 2.09. The highest BCUT2D eigenvalue weighted by Gasteiger charge is 2.14. The fraction of sp³-hybridized carbons (Fsp3) is 0.176. The molecule has 0 aliphatic heterocycles. The molecule has 0 aliphatic carbocycles. The maximum absolute atomic E-state index is 12.8. The van der Waals surface area contributed by atoms with Gasteiger partial charge in [-0.2, -0.15) is 0 Å². The summed E-state index contributed by atoms with van der Waals surface area (Å²) in [6.45, 7) is 2.05. The molecule has 0 unspecified atom stereocenters. The van der Waals surface area contributed by atoms with Crippen molar-refractivity contribution in [3.8, 4) is 0 Å². The third-order valence-electron chi connectivity index (χ3n) is 3.54. The zero-order chi connectivity index (χ0) is 19.3. The molecule has 6 nitrogen and oxygen atoms in total. The van der Waals surface area contributed by atoms with E-state index in [0.29, 0.717) is 12.1 Å². The summed E-state index contributed by atoms with van der Waals surface area (Å²) in [5.74, 6) is -0.840. The van der Waals surface area contributed by atoms with E-state index in [1.807, 2.05) is 0 Å². The first-order valence-corrected chi connectivity index (χ1v) is 9.86. The summed E-state index contributed by atoms with van der Waals surface area (Å²) in [5, 5.41) is 3.03. The van der Waals surface area contributed by atoms with E-state index in [9.17, 15) is 17.6 Å². The van der Waals surface area contributed by atoms with E-state index in [1.54, 1.807) is 25.1 Å². The minimum absolute atomic E-state index is 0.0604. The molecular formula is C17H18FN3O3S2. The smallest absolute Gasteiger partial charge is 0.269 e. The highest BCUT2D eigenvalue weighted by Crippen LogP contribution is 2.15. The van der Waals surface area contributed by atoms with E-state index in [-0.39, 0.29) is 21.4 Å². The van der Waals surface area contributed by atoms with Crippen LogP contribution >= 0.6 is 12.2 Å². The molecular weight excluding hydrogens is 377 g/mol. The highest BCUT2D eigenvalue weighted by molar-refractivity contribution is 7.90. The van der Waals surface area contributed by atoms with Gasteiger partial charge < -0.3 is 5.32 Å². The zero-order valence-electron chi connectivity index (χ0n) is 14.2. The lowest BCUT2D eigenvalue weighted by Gasteiger charge is -2.13. The zero-order valence-corrected chi connectivity index (χ0v) is 15.8. The Morgan fingerprint density at radius 3 is 2.38 bits per heavy atom. The summed E-state index contributed by atoms with van der Waals surface area (Å²) < 4.78 is 36.1. The molecule has 0 aliphatic rings. The van der Waals surface area contributed by atoms with Crippen molar-refractivity contribution in [2.75, 3.05) is 6.26 Å². The van der Waals surface area contributed by atoms with Crippen LogP contribution in [0.25, 0.3) is 0 Å². The maximum atomic E-state index is 12.8. The van der Waals surface area contributed by atoms with Gasteiger partial charge in [-0.15, -0.1) is 0 Å². The third kappa shape index (κ3) is 5.50. The number of sulfone groups is 1. The Labute approximate surface area is 156 Å². The Kier molecular flexibility index (Phi) is 6.27. The molecule has 0 radical (unpaired) electrons. The average Bonchev–Trinajstić information content (AvgIpc) is 2.58. The van der Waals surface area contributed by atoms with Gasteiger partial charge in [-0.25, -0.2) is 12.8 Å². The summed E-state index contributed by atoms with van der Waals surface area (Å²) >= 11 is 5.06. The van der Waals surface area contributed by atoms with E-state index >= 15 is 0 Å². The molecule has 9 heteroatoms. The van der Waals surface area contributed by atoms with Crippen LogP contribution in [-0.2, 0) is 16.4 Å². The number of carbonyl (C=O) groups is 1. The van der Waals surface area contributed by atoms with Gasteiger partial charge >= 0.3 is 0 Å². The fourth-order valence-corrected chi connectivity index (χ4v) is 2.86. The molecule has 2 rings (SSSR count). The van der Waals surface area contributed by atoms with Crippen LogP contribution in [0.5, 0.6) is 0 Å². The second-order valence-electron chi connectivity index (χ2n) is 5.64. The second-order valence-corrected chi connectivity index (χ2v) is 8.06. The van der Waals surface area contributed by atoms with E-state index in [0.717, 1.165) is 11.8 Å². The largest absolute Gasteiger partial charge is 0.357 e. The number of aryl methyl sites for hydroxylation is 1. The number of hydrogen-bond donors (Lipinski definition) is 3. The number of thiocarbonyl (C=S) groups is 1. The molecule has 26 heavy (non-hydrogen) atoms. The van der Waals surface area contributed by atoms with Gasteiger partial charge in [0.25, 0.3) is 5.91 Å². The molecule has 0 bridgehead atoms. The SMILES string of the molecule is Cc1ccc(S(C)(=O)=O)cc1C(=O)NNC(=S)NCc1ccc(F)cc1. The highest BCUT2D eigenvalue weighted by atomic mass is 32.2. The lowest BCUT2D eigenvalue weighted by atomic mass is 10.1. The van der Waals surface area contributed by atoms with Gasteiger partial charge in [0.15, 0.2) is 14.9 Å². The van der Waals surface area contributed by atoms with Gasteiger partial charge in [0.2, 0.25) is 0 Å². The standard InChI is InChI=1S/C17H18FN3O3S2/c1-11-3-8-14(26(2,23)24)9-15(11)16(22)20-21-17(25)19-10-12-4-6-13(18)7-5-12/h3-9H,10H2,1-2H3,(H,20,22)(H2,19,21,25). The van der Waals surface area contributed by atoms with Crippen LogP contribution in [0.3, 0.4) is 0 Å². The van der Waals surface area contributed by atoms with E-state index in [2.05, 4.69) is 16.2 Å². The third-order valence-corrected chi connectivity index (χ3v) is 4.89. The number of amides is 1. The minimum Gasteiger partial charge on any atom is -0.357 e. The summed E-state index contributed by atoms with van der Waals surface area (Å²) in [4.78, 5) is 12.3. The van der Waals surface area contributed by atoms with Crippen LogP contribution in [0.15, 0.2) is 47.4 Å². The van der Waals surface area contributed by atoms with Crippen molar-refractivity contribution in [1.29, 1.82) is 0 Å². The molecule has 0 atom stereocenters. The topological polar surface area (TPSA) is 87.3 Å². The Hall–Kier alpha value is -2.52. The van der Waals surface area contributed by atoms with Gasteiger partial charge in [-0.3, -0.25) is 15.6 Å². The summed E-state index contributed by atoms with van der Waals surface area (Å²) in [6, 6.07) is 10.2. The van der Waals surface area contributed by atoms with Crippen molar-refractivity contribution in [2.24, 2.45) is 0 Å². The molecule has 3 N–H and O–H groups in total. The molecule has 0 heterocycles. The van der Waals surface area contributed by atoms with Crippen LogP contribution in [0, 0.1) is 12.7 Å². The van der Waals surface area contributed by atoms with Crippen molar-refractivity contribution in [3.05, 3.63) is 65.0 Å². The van der Waals surface area contributed by atoms with E-state index in [4.69, 9.17) is 12.2 Å². The molecule has 0 aromatic heterocycles. The van der Waals surface area contributed by atoms with Crippen LogP contribution in [-0.4, -0.2) is 25.7 Å². The van der Waals surface area contributed by atoms with Crippen LogP contribution in [0.4, 0.5) is 4.39 Å². The summed E-state index contributed by atoms with van der Waals surface area (Å²) in [5.41, 5.74) is 6.63.